The topological polar surface area (TPSA) is 3.24 Å². The fourth-order valence-electron chi connectivity index (χ4n) is 1.16. The highest BCUT2D eigenvalue weighted by atomic mass is 35.5. The Morgan fingerprint density at radius 3 is 2.64 bits per heavy atom. The van der Waals surface area contributed by atoms with Gasteiger partial charge in [-0.3, -0.25) is 4.90 Å². The predicted octanol–water partition coefficient (Wildman–Crippen LogP) is 3.06. The van der Waals surface area contributed by atoms with E-state index in [1.807, 2.05) is 24.1 Å². The van der Waals surface area contributed by atoms with Crippen LogP contribution in [0, 0.1) is 12.3 Å². The van der Waals surface area contributed by atoms with Crippen LogP contribution in [0.1, 0.15) is 5.56 Å². The molecule has 0 bridgehead atoms. The molecule has 14 heavy (non-hydrogen) atoms. The van der Waals surface area contributed by atoms with E-state index >= 15 is 0 Å². The van der Waals surface area contributed by atoms with E-state index in [-0.39, 0.29) is 0 Å². The zero-order valence-electron chi connectivity index (χ0n) is 7.93. The van der Waals surface area contributed by atoms with Gasteiger partial charge in [0.15, 0.2) is 0 Å². The summed E-state index contributed by atoms with van der Waals surface area (Å²) in [5.74, 6) is 2.58. The summed E-state index contributed by atoms with van der Waals surface area (Å²) < 4.78 is 0. The summed E-state index contributed by atoms with van der Waals surface area (Å²) in [5, 5.41) is 1.16. The standard InChI is InChI=1S/C11H11Cl2N/c1-3-6-14(2)8-9-4-5-10(12)11(13)7-9/h1,4-5,7H,6,8H2,2H3. The van der Waals surface area contributed by atoms with E-state index in [1.54, 1.807) is 6.07 Å². The van der Waals surface area contributed by atoms with E-state index in [4.69, 9.17) is 29.6 Å². The number of nitrogens with zero attached hydrogens (tertiary/aromatic N) is 1. The molecule has 1 nitrogen and oxygen atoms in total. The number of halogens is 2. The third-order valence-corrected chi connectivity index (χ3v) is 2.54. The van der Waals surface area contributed by atoms with Gasteiger partial charge in [0.25, 0.3) is 0 Å². The Labute approximate surface area is 94.6 Å². The maximum atomic E-state index is 5.88. The van der Waals surface area contributed by atoms with E-state index in [2.05, 4.69) is 5.92 Å². The minimum Gasteiger partial charge on any atom is -0.291 e. The van der Waals surface area contributed by atoms with E-state index in [1.165, 1.54) is 0 Å². The summed E-state index contributed by atoms with van der Waals surface area (Å²) in [6.07, 6.45) is 5.20. The Kier molecular flexibility index (Phi) is 4.28. The molecule has 0 aliphatic heterocycles. The van der Waals surface area contributed by atoms with Crippen molar-refractivity contribution in [3.8, 4) is 12.3 Å². The molecule has 1 aromatic rings. The monoisotopic (exact) mass is 227 g/mol. The van der Waals surface area contributed by atoms with Crippen molar-refractivity contribution in [1.29, 1.82) is 0 Å². The summed E-state index contributed by atoms with van der Waals surface area (Å²) >= 11 is 11.7. The lowest BCUT2D eigenvalue weighted by Crippen LogP contribution is -2.17. The lowest BCUT2D eigenvalue weighted by atomic mass is 10.2. The maximum absolute atomic E-state index is 5.88. The van der Waals surface area contributed by atoms with E-state index in [9.17, 15) is 0 Å². The lowest BCUT2D eigenvalue weighted by Gasteiger charge is -2.13. The molecule has 0 spiro atoms. The summed E-state index contributed by atoms with van der Waals surface area (Å²) in [6, 6.07) is 5.60. The summed E-state index contributed by atoms with van der Waals surface area (Å²) in [7, 11) is 1.96. The molecule has 0 radical (unpaired) electrons. The molecular formula is C11H11Cl2N. The van der Waals surface area contributed by atoms with Crippen LogP contribution in [0.5, 0.6) is 0 Å². The van der Waals surface area contributed by atoms with Crippen molar-refractivity contribution in [3.63, 3.8) is 0 Å². The van der Waals surface area contributed by atoms with Gasteiger partial charge in [0, 0.05) is 6.54 Å². The summed E-state index contributed by atoms with van der Waals surface area (Å²) in [5.41, 5.74) is 1.11. The Bertz CT molecular complexity index is 355. The fourth-order valence-corrected chi connectivity index (χ4v) is 1.48. The summed E-state index contributed by atoms with van der Waals surface area (Å²) in [4.78, 5) is 2.03. The van der Waals surface area contributed by atoms with Gasteiger partial charge in [-0.05, 0) is 24.7 Å². The van der Waals surface area contributed by atoms with E-state index in [0.717, 1.165) is 12.1 Å². The van der Waals surface area contributed by atoms with Crippen LogP contribution < -0.4 is 0 Å². The molecule has 0 heterocycles. The zero-order valence-corrected chi connectivity index (χ0v) is 9.44. The number of terminal acetylenes is 1. The molecule has 1 aromatic carbocycles. The van der Waals surface area contributed by atoms with Gasteiger partial charge in [-0.1, -0.05) is 35.2 Å². The first-order valence-electron chi connectivity index (χ1n) is 4.19. The molecule has 3 heteroatoms. The molecule has 0 amide bonds. The third-order valence-electron chi connectivity index (χ3n) is 1.80. The number of hydrogen-bond donors (Lipinski definition) is 0. The summed E-state index contributed by atoms with van der Waals surface area (Å²) in [6.45, 7) is 1.40. The van der Waals surface area contributed by atoms with Gasteiger partial charge in [0.05, 0.1) is 16.6 Å². The molecule has 0 saturated carbocycles. The largest absolute Gasteiger partial charge is 0.291 e. The number of hydrogen-bond acceptors (Lipinski definition) is 1. The number of benzene rings is 1. The van der Waals surface area contributed by atoms with E-state index in [0.29, 0.717) is 16.6 Å². The first-order chi connectivity index (χ1) is 6.63. The highest BCUT2D eigenvalue weighted by Crippen LogP contribution is 2.22. The van der Waals surface area contributed by atoms with Gasteiger partial charge in [0.1, 0.15) is 0 Å². The molecule has 0 N–H and O–H groups in total. The van der Waals surface area contributed by atoms with Crippen molar-refractivity contribution in [1.82, 2.24) is 4.90 Å². The van der Waals surface area contributed by atoms with Crippen molar-refractivity contribution in [2.24, 2.45) is 0 Å². The highest BCUT2D eigenvalue weighted by molar-refractivity contribution is 6.42. The predicted molar refractivity (Wildman–Crippen MR) is 61.6 cm³/mol. The maximum Gasteiger partial charge on any atom is 0.0599 e. The molecule has 0 fully saturated rings. The molecule has 74 valence electrons. The molecule has 1 rings (SSSR count). The van der Waals surface area contributed by atoms with Crippen molar-refractivity contribution in [2.75, 3.05) is 13.6 Å². The second kappa shape index (κ2) is 5.26. The second-order valence-corrected chi connectivity index (χ2v) is 3.94. The minimum atomic E-state index is 0.579. The van der Waals surface area contributed by atoms with Crippen LogP contribution in [0.3, 0.4) is 0 Å². The first-order valence-corrected chi connectivity index (χ1v) is 4.95. The van der Waals surface area contributed by atoms with Crippen molar-refractivity contribution >= 4 is 23.2 Å². The van der Waals surface area contributed by atoms with Crippen LogP contribution in [0.2, 0.25) is 10.0 Å². The van der Waals surface area contributed by atoms with Gasteiger partial charge < -0.3 is 0 Å². The molecule has 0 saturated heterocycles. The van der Waals surface area contributed by atoms with Crippen LogP contribution >= 0.6 is 23.2 Å². The van der Waals surface area contributed by atoms with Crippen LogP contribution in [0.4, 0.5) is 0 Å². The Morgan fingerprint density at radius 2 is 2.07 bits per heavy atom. The van der Waals surface area contributed by atoms with E-state index < -0.39 is 0 Å². The Morgan fingerprint density at radius 1 is 1.36 bits per heavy atom. The SMILES string of the molecule is C#CCN(C)Cc1ccc(Cl)c(Cl)c1. The molecular weight excluding hydrogens is 217 g/mol. The minimum absolute atomic E-state index is 0.579. The molecule has 0 aliphatic rings. The Balaban J connectivity index is 2.69. The first kappa shape index (κ1) is 11.4. The third kappa shape index (κ3) is 3.23. The molecule has 0 aliphatic carbocycles. The molecule has 0 unspecified atom stereocenters. The molecule has 0 aromatic heterocycles. The van der Waals surface area contributed by atoms with Gasteiger partial charge in [0.2, 0.25) is 0 Å². The highest BCUT2D eigenvalue weighted by Gasteiger charge is 2.01. The van der Waals surface area contributed by atoms with Gasteiger partial charge in [-0.2, -0.15) is 0 Å². The lowest BCUT2D eigenvalue weighted by molar-refractivity contribution is 0.369. The van der Waals surface area contributed by atoms with Crippen molar-refractivity contribution in [2.45, 2.75) is 6.54 Å². The number of rotatable bonds is 3. The smallest absolute Gasteiger partial charge is 0.0599 e. The second-order valence-electron chi connectivity index (χ2n) is 3.12. The quantitative estimate of drug-likeness (QED) is 0.718. The van der Waals surface area contributed by atoms with Gasteiger partial charge >= 0.3 is 0 Å². The van der Waals surface area contributed by atoms with Gasteiger partial charge in [-0.25, -0.2) is 0 Å². The van der Waals surface area contributed by atoms with Crippen LogP contribution in [-0.2, 0) is 6.54 Å². The normalized spacial score (nSPS) is 10.2. The van der Waals surface area contributed by atoms with Crippen LogP contribution in [0.15, 0.2) is 18.2 Å². The van der Waals surface area contributed by atoms with Crippen LogP contribution in [0.25, 0.3) is 0 Å². The molecule has 0 atom stereocenters. The van der Waals surface area contributed by atoms with Crippen LogP contribution in [-0.4, -0.2) is 18.5 Å². The van der Waals surface area contributed by atoms with Gasteiger partial charge in [-0.15, -0.1) is 6.42 Å². The Hall–Kier alpha value is -0.680. The zero-order chi connectivity index (χ0) is 10.6. The van der Waals surface area contributed by atoms with Crippen molar-refractivity contribution in [3.05, 3.63) is 33.8 Å². The average molecular weight is 228 g/mol. The van der Waals surface area contributed by atoms with Crippen molar-refractivity contribution < 1.29 is 0 Å². The fraction of sp³-hybridized carbons (Fsp3) is 0.273. The average Bonchev–Trinajstić information content (AvgIpc) is 2.12.